The normalized spacial score (nSPS) is 9.78. The SMILES string of the molecule is [N-]=[N+]=NC(=O)c1c(Cl)c(Cl)c(Cl)c(Cl)c1C(N)=O. The predicted octanol–water partition coefficient (Wildman–Crippen LogP) is 3.85. The molecule has 0 saturated heterocycles. The summed E-state index contributed by atoms with van der Waals surface area (Å²) in [5.41, 5.74) is 12.3. The van der Waals surface area contributed by atoms with E-state index in [0.717, 1.165) is 0 Å². The Labute approximate surface area is 120 Å². The lowest BCUT2D eigenvalue weighted by atomic mass is 10.1. The van der Waals surface area contributed by atoms with Crippen LogP contribution < -0.4 is 5.73 Å². The van der Waals surface area contributed by atoms with Gasteiger partial charge in [-0.15, -0.1) is 0 Å². The van der Waals surface area contributed by atoms with E-state index in [4.69, 9.17) is 57.7 Å². The highest BCUT2D eigenvalue weighted by Crippen LogP contribution is 2.41. The summed E-state index contributed by atoms with van der Waals surface area (Å²) in [6.07, 6.45) is 0. The van der Waals surface area contributed by atoms with E-state index in [1.54, 1.807) is 0 Å². The Kier molecular flexibility index (Phi) is 4.67. The van der Waals surface area contributed by atoms with Crippen molar-refractivity contribution >= 4 is 58.2 Å². The molecular weight excluding hydrogens is 326 g/mol. The fourth-order valence-electron chi connectivity index (χ4n) is 1.15. The van der Waals surface area contributed by atoms with E-state index < -0.39 is 22.9 Å². The molecule has 94 valence electrons. The number of hydrogen-bond acceptors (Lipinski definition) is 2. The maximum absolute atomic E-state index is 11.5. The average Bonchev–Trinajstić information content (AvgIpc) is 2.30. The summed E-state index contributed by atoms with van der Waals surface area (Å²) in [4.78, 5) is 25.1. The van der Waals surface area contributed by atoms with E-state index in [2.05, 4.69) is 10.0 Å². The molecule has 2 N–H and O–H groups in total. The summed E-state index contributed by atoms with van der Waals surface area (Å²) in [6.45, 7) is 0. The number of rotatable bonds is 2. The van der Waals surface area contributed by atoms with Crippen molar-refractivity contribution in [3.63, 3.8) is 0 Å². The van der Waals surface area contributed by atoms with Gasteiger partial charge >= 0.3 is 0 Å². The van der Waals surface area contributed by atoms with Gasteiger partial charge in [0.05, 0.1) is 31.2 Å². The average molecular weight is 328 g/mol. The minimum Gasteiger partial charge on any atom is -0.366 e. The monoisotopic (exact) mass is 326 g/mol. The molecule has 0 fully saturated rings. The number of carbonyl (C=O) groups excluding carboxylic acids is 2. The first-order valence-corrected chi connectivity index (χ1v) is 5.59. The molecule has 0 aromatic heterocycles. The molecule has 0 atom stereocenters. The molecule has 0 aliphatic rings. The van der Waals surface area contributed by atoms with E-state index in [0.29, 0.717) is 0 Å². The third kappa shape index (κ3) is 2.48. The van der Waals surface area contributed by atoms with E-state index in [-0.39, 0.29) is 20.1 Å². The molecule has 0 saturated carbocycles. The molecule has 0 heterocycles. The van der Waals surface area contributed by atoms with Crippen LogP contribution >= 0.6 is 46.4 Å². The van der Waals surface area contributed by atoms with E-state index >= 15 is 0 Å². The number of hydrogen-bond donors (Lipinski definition) is 1. The Morgan fingerprint density at radius 3 is 1.83 bits per heavy atom. The number of amides is 2. The molecule has 0 aliphatic heterocycles. The lowest BCUT2D eigenvalue weighted by Crippen LogP contribution is -2.17. The van der Waals surface area contributed by atoms with Gasteiger partial charge in [-0.3, -0.25) is 9.59 Å². The van der Waals surface area contributed by atoms with Crippen LogP contribution in [-0.4, -0.2) is 11.8 Å². The molecule has 0 aliphatic carbocycles. The second kappa shape index (κ2) is 5.65. The van der Waals surface area contributed by atoms with Gasteiger partial charge in [-0.25, -0.2) is 0 Å². The third-order valence-electron chi connectivity index (χ3n) is 1.86. The molecule has 1 aromatic carbocycles. The summed E-state index contributed by atoms with van der Waals surface area (Å²) in [6, 6.07) is 0. The lowest BCUT2D eigenvalue weighted by Gasteiger charge is -2.11. The van der Waals surface area contributed by atoms with Gasteiger partial charge in [-0.05, 0) is 10.6 Å². The number of nitrogens with zero attached hydrogens (tertiary/aromatic N) is 3. The second-order valence-electron chi connectivity index (χ2n) is 2.86. The molecule has 0 radical (unpaired) electrons. The molecule has 0 unspecified atom stereocenters. The molecule has 6 nitrogen and oxygen atoms in total. The fraction of sp³-hybridized carbons (Fsp3) is 0. The Morgan fingerprint density at radius 2 is 1.44 bits per heavy atom. The van der Waals surface area contributed by atoms with Crippen LogP contribution in [-0.2, 0) is 0 Å². The van der Waals surface area contributed by atoms with Crippen molar-refractivity contribution in [3.8, 4) is 0 Å². The molecule has 1 rings (SSSR count). The van der Waals surface area contributed by atoms with Crippen molar-refractivity contribution in [1.82, 2.24) is 0 Å². The van der Waals surface area contributed by atoms with Crippen LogP contribution in [0.2, 0.25) is 20.1 Å². The molecule has 18 heavy (non-hydrogen) atoms. The smallest absolute Gasteiger partial charge is 0.251 e. The second-order valence-corrected chi connectivity index (χ2v) is 4.38. The number of benzene rings is 1. The van der Waals surface area contributed by atoms with Crippen LogP contribution in [0.25, 0.3) is 10.4 Å². The third-order valence-corrected chi connectivity index (χ3v) is 3.66. The van der Waals surface area contributed by atoms with Gasteiger partial charge in [0.25, 0.3) is 11.8 Å². The van der Waals surface area contributed by atoms with Crippen LogP contribution in [0.5, 0.6) is 0 Å². The molecular formula is C8H2Cl4N4O2. The van der Waals surface area contributed by atoms with Crippen LogP contribution in [0.15, 0.2) is 5.11 Å². The highest BCUT2D eigenvalue weighted by Gasteiger charge is 2.27. The Hall–Kier alpha value is -1.17. The van der Waals surface area contributed by atoms with Crippen molar-refractivity contribution in [3.05, 3.63) is 41.7 Å². The van der Waals surface area contributed by atoms with Gasteiger partial charge in [0.1, 0.15) is 0 Å². The molecule has 2 amide bonds. The molecule has 0 spiro atoms. The van der Waals surface area contributed by atoms with Crippen LogP contribution in [0.4, 0.5) is 0 Å². The largest absolute Gasteiger partial charge is 0.366 e. The van der Waals surface area contributed by atoms with Gasteiger partial charge < -0.3 is 5.73 Å². The van der Waals surface area contributed by atoms with E-state index in [1.165, 1.54) is 0 Å². The summed E-state index contributed by atoms with van der Waals surface area (Å²) in [5.74, 6) is -2.20. The summed E-state index contributed by atoms with van der Waals surface area (Å²) in [7, 11) is 0. The first kappa shape index (κ1) is 14.9. The Balaban J connectivity index is 3.83. The lowest BCUT2D eigenvalue weighted by molar-refractivity contribution is 0.0967. The quantitative estimate of drug-likeness (QED) is 0.292. The maximum atomic E-state index is 11.5. The van der Waals surface area contributed by atoms with Crippen molar-refractivity contribution in [2.75, 3.05) is 0 Å². The zero-order valence-corrected chi connectivity index (χ0v) is 11.3. The number of halogens is 4. The van der Waals surface area contributed by atoms with Crippen LogP contribution in [0.1, 0.15) is 20.7 Å². The number of carbonyl (C=O) groups is 2. The molecule has 0 bridgehead atoms. The summed E-state index contributed by atoms with van der Waals surface area (Å²) < 4.78 is 0. The van der Waals surface area contributed by atoms with E-state index in [1.807, 2.05) is 0 Å². The standard InChI is InChI=1S/C8H2Cl4N4O2/c9-3-1(7(13)17)2(8(18)15-16-14)4(10)6(12)5(3)11/h(H2,13,17). The number of azide groups is 1. The van der Waals surface area contributed by atoms with Crippen molar-refractivity contribution in [2.24, 2.45) is 10.8 Å². The molecule has 10 heteroatoms. The van der Waals surface area contributed by atoms with Crippen LogP contribution in [0.3, 0.4) is 0 Å². The first-order valence-electron chi connectivity index (χ1n) is 4.08. The Morgan fingerprint density at radius 1 is 1.00 bits per heavy atom. The van der Waals surface area contributed by atoms with Crippen molar-refractivity contribution in [1.29, 1.82) is 0 Å². The van der Waals surface area contributed by atoms with Gasteiger partial charge in [0.15, 0.2) is 0 Å². The minimum absolute atomic E-state index is 0.227. The highest BCUT2D eigenvalue weighted by molar-refractivity contribution is 6.54. The highest BCUT2D eigenvalue weighted by atomic mass is 35.5. The van der Waals surface area contributed by atoms with Crippen molar-refractivity contribution in [2.45, 2.75) is 0 Å². The summed E-state index contributed by atoms with van der Waals surface area (Å²) in [5, 5.41) is 1.63. The fourth-order valence-corrected chi connectivity index (χ4v) is 2.18. The van der Waals surface area contributed by atoms with Gasteiger partial charge in [-0.1, -0.05) is 46.4 Å². The van der Waals surface area contributed by atoms with Gasteiger partial charge in [0, 0.05) is 4.91 Å². The number of nitrogens with two attached hydrogens (primary N) is 1. The Bertz CT molecular complexity index is 610. The minimum atomic E-state index is -1.14. The summed E-state index contributed by atoms with van der Waals surface area (Å²) >= 11 is 23.0. The van der Waals surface area contributed by atoms with Gasteiger partial charge in [0.2, 0.25) is 0 Å². The zero-order valence-electron chi connectivity index (χ0n) is 8.25. The topological polar surface area (TPSA) is 109 Å². The molecule has 1 aromatic rings. The number of primary amides is 1. The first-order chi connectivity index (χ1) is 8.32. The van der Waals surface area contributed by atoms with Gasteiger partial charge in [-0.2, -0.15) is 0 Å². The zero-order chi connectivity index (χ0) is 14.0. The van der Waals surface area contributed by atoms with Crippen LogP contribution in [0, 0.1) is 0 Å². The predicted molar refractivity (Wildman–Crippen MR) is 68.5 cm³/mol. The van der Waals surface area contributed by atoms with Crippen molar-refractivity contribution < 1.29 is 9.59 Å². The van der Waals surface area contributed by atoms with E-state index in [9.17, 15) is 9.59 Å². The maximum Gasteiger partial charge on any atom is 0.251 e.